The van der Waals surface area contributed by atoms with Crippen molar-refractivity contribution in [3.8, 4) is 0 Å². The Hall–Kier alpha value is -3.65. The summed E-state index contributed by atoms with van der Waals surface area (Å²) in [6, 6.07) is 16.8. The van der Waals surface area contributed by atoms with E-state index in [0.29, 0.717) is 5.09 Å². The SMILES string of the molecule is O=C1NC(=O)N(c2ccc(F)cc2)C(=O)C1=Cc1ccc(Sc2ccccc2)o1. The molecule has 1 aromatic heterocycles. The molecule has 0 atom stereocenters. The summed E-state index contributed by atoms with van der Waals surface area (Å²) >= 11 is 1.39. The molecule has 8 heteroatoms. The van der Waals surface area contributed by atoms with Crippen LogP contribution in [0.3, 0.4) is 0 Å². The molecule has 3 aromatic rings. The Morgan fingerprint density at radius 3 is 2.38 bits per heavy atom. The summed E-state index contributed by atoms with van der Waals surface area (Å²) in [6.45, 7) is 0. The minimum Gasteiger partial charge on any atom is -0.450 e. The van der Waals surface area contributed by atoms with Crippen molar-refractivity contribution in [1.29, 1.82) is 0 Å². The molecule has 1 aliphatic heterocycles. The van der Waals surface area contributed by atoms with Gasteiger partial charge in [0.15, 0.2) is 5.09 Å². The number of furan rings is 1. The number of amides is 4. The number of anilines is 1. The fourth-order valence-corrected chi connectivity index (χ4v) is 3.50. The van der Waals surface area contributed by atoms with E-state index in [2.05, 4.69) is 5.32 Å². The van der Waals surface area contributed by atoms with E-state index in [0.717, 1.165) is 21.9 Å². The Labute approximate surface area is 169 Å². The summed E-state index contributed by atoms with van der Waals surface area (Å²) in [4.78, 5) is 38.8. The van der Waals surface area contributed by atoms with Gasteiger partial charge in [-0.05, 0) is 54.6 Å². The first-order valence-corrected chi connectivity index (χ1v) is 9.33. The van der Waals surface area contributed by atoms with E-state index in [9.17, 15) is 18.8 Å². The van der Waals surface area contributed by atoms with Crippen molar-refractivity contribution in [3.63, 3.8) is 0 Å². The van der Waals surface area contributed by atoms with Crippen molar-refractivity contribution in [2.45, 2.75) is 9.99 Å². The number of carbonyl (C=O) groups is 3. The van der Waals surface area contributed by atoms with Crippen molar-refractivity contribution < 1.29 is 23.2 Å². The zero-order valence-electron chi connectivity index (χ0n) is 14.8. The molecule has 0 bridgehead atoms. The molecule has 2 heterocycles. The maximum Gasteiger partial charge on any atom is 0.335 e. The lowest BCUT2D eigenvalue weighted by atomic mass is 10.1. The van der Waals surface area contributed by atoms with E-state index in [1.54, 1.807) is 12.1 Å². The van der Waals surface area contributed by atoms with Gasteiger partial charge in [0.25, 0.3) is 11.8 Å². The van der Waals surface area contributed by atoms with Gasteiger partial charge in [0.2, 0.25) is 0 Å². The molecule has 1 N–H and O–H groups in total. The Morgan fingerprint density at radius 1 is 0.931 bits per heavy atom. The predicted molar refractivity (Wildman–Crippen MR) is 105 cm³/mol. The van der Waals surface area contributed by atoms with Crippen molar-refractivity contribution in [3.05, 3.63) is 83.9 Å². The van der Waals surface area contributed by atoms with Crippen molar-refractivity contribution >= 4 is 41.4 Å². The molecule has 1 fully saturated rings. The van der Waals surface area contributed by atoms with Gasteiger partial charge in [-0.15, -0.1) is 0 Å². The molecule has 6 nitrogen and oxygen atoms in total. The Morgan fingerprint density at radius 2 is 1.66 bits per heavy atom. The van der Waals surface area contributed by atoms with Crippen LogP contribution in [0.25, 0.3) is 6.08 Å². The fraction of sp³-hybridized carbons (Fsp3) is 0. The van der Waals surface area contributed by atoms with Gasteiger partial charge in [0, 0.05) is 4.90 Å². The van der Waals surface area contributed by atoms with Crippen LogP contribution in [-0.4, -0.2) is 17.8 Å². The van der Waals surface area contributed by atoms with Crippen molar-refractivity contribution in [1.82, 2.24) is 5.32 Å². The van der Waals surface area contributed by atoms with Crippen molar-refractivity contribution in [2.24, 2.45) is 0 Å². The predicted octanol–water partition coefficient (Wildman–Crippen LogP) is 4.24. The van der Waals surface area contributed by atoms with Gasteiger partial charge in [-0.1, -0.05) is 30.0 Å². The molecule has 1 aliphatic rings. The molecule has 0 unspecified atom stereocenters. The maximum atomic E-state index is 13.1. The summed E-state index contributed by atoms with van der Waals surface area (Å²) in [5.74, 6) is -1.87. The van der Waals surface area contributed by atoms with E-state index in [-0.39, 0.29) is 17.0 Å². The van der Waals surface area contributed by atoms with E-state index >= 15 is 0 Å². The van der Waals surface area contributed by atoms with Crippen LogP contribution in [0, 0.1) is 5.82 Å². The van der Waals surface area contributed by atoms with Crippen LogP contribution in [0.5, 0.6) is 0 Å². The number of nitrogens with zero attached hydrogens (tertiary/aromatic N) is 1. The van der Waals surface area contributed by atoms with E-state index < -0.39 is 23.7 Å². The van der Waals surface area contributed by atoms with E-state index in [1.807, 2.05) is 30.3 Å². The lowest BCUT2D eigenvalue weighted by Gasteiger charge is -2.26. The van der Waals surface area contributed by atoms with Crippen LogP contribution < -0.4 is 10.2 Å². The fourth-order valence-electron chi connectivity index (χ4n) is 2.70. The number of carbonyl (C=O) groups excluding carboxylic acids is 3. The van der Waals surface area contributed by atoms with Gasteiger partial charge in [0.1, 0.15) is 17.2 Å². The number of barbiturate groups is 1. The van der Waals surface area contributed by atoms with Crippen LogP contribution in [0.1, 0.15) is 5.76 Å². The number of hydrogen-bond donors (Lipinski definition) is 1. The maximum absolute atomic E-state index is 13.1. The standard InChI is InChI=1S/C21H13FN2O4S/c22-13-6-8-14(9-7-13)24-20(26)17(19(25)23-21(24)27)12-15-10-11-18(28-15)29-16-4-2-1-3-5-16/h1-12H,(H,23,25,27). The van der Waals surface area contributed by atoms with Gasteiger partial charge in [-0.3, -0.25) is 14.9 Å². The molecule has 0 radical (unpaired) electrons. The highest BCUT2D eigenvalue weighted by Gasteiger charge is 2.37. The van der Waals surface area contributed by atoms with Crippen LogP contribution in [0.4, 0.5) is 14.9 Å². The minimum absolute atomic E-state index is 0.145. The average molecular weight is 408 g/mol. The monoisotopic (exact) mass is 408 g/mol. The zero-order chi connectivity index (χ0) is 20.4. The van der Waals surface area contributed by atoms with Gasteiger partial charge >= 0.3 is 6.03 Å². The first-order valence-electron chi connectivity index (χ1n) is 8.51. The van der Waals surface area contributed by atoms with Crippen LogP contribution in [0.15, 0.2) is 86.7 Å². The highest BCUT2D eigenvalue weighted by atomic mass is 32.2. The van der Waals surface area contributed by atoms with E-state index in [1.165, 1.54) is 30.0 Å². The van der Waals surface area contributed by atoms with E-state index in [4.69, 9.17) is 4.42 Å². The molecular weight excluding hydrogens is 395 g/mol. The quantitative estimate of drug-likeness (QED) is 0.516. The van der Waals surface area contributed by atoms with Gasteiger partial charge in [0.05, 0.1) is 5.69 Å². The summed E-state index contributed by atoms with van der Waals surface area (Å²) in [5.41, 5.74) is -0.119. The smallest absolute Gasteiger partial charge is 0.335 e. The number of halogens is 1. The third-order valence-corrected chi connectivity index (χ3v) is 4.97. The average Bonchev–Trinajstić information content (AvgIpc) is 3.14. The lowest BCUT2D eigenvalue weighted by molar-refractivity contribution is -0.122. The number of benzene rings is 2. The van der Waals surface area contributed by atoms with Crippen LogP contribution >= 0.6 is 11.8 Å². The second kappa shape index (κ2) is 7.76. The third-order valence-electron chi connectivity index (χ3n) is 4.04. The van der Waals surface area contributed by atoms with Crippen LogP contribution in [-0.2, 0) is 9.59 Å². The first kappa shape index (κ1) is 18.7. The highest BCUT2D eigenvalue weighted by Crippen LogP contribution is 2.30. The normalized spacial score (nSPS) is 15.7. The molecular formula is C21H13FN2O4S. The second-order valence-electron chi connectivity index (χ2n) is 6.01. The molecule has 0 spiro atoms. The molecule has 0 aliphatic carbocycles. The summed E-state index contributed by atoms with van der Waals surface area (Å²) in [5, 5.41) is 2.69. The molecule has 4 rings (SSSR count). The molecule has 0 saturated carbocycles. The first-order chi connectivity index (χ1) is 14.0. The number of imide groups is 2. The van der Waals surface area contributed by atoms with Gasteiger partial charge in [-0.25, -0.2) is 14.1 Å². The summed E-state index contributed by atoms with van der Waals surface area (Å²) in [7, 11) is 0. The van der Waals surface area contributed by atoms with Crippen molar-refractivity contribution in [2.75, 3.05) is 4.90 Å². The summed E-state index contributed by atoms with van der Waals surface area (Å²) < 4.78 is 18.8. The molecule has 144 valence electrons. The number of urea groups is 1. The largest absolute Gasteiger partial charge is 0.450 e. The Kier molecular flexibility index (Phi) is 5.01. The lowest BCUT2D eigenvalue weighted by Crippen LogP contribution is -2.54. The van der Waals surface area contributed by atoms with Gasteiger partial charge in [-0.2, -0.15) is 0 Å². The Bertz CT molecular complexity index is 1120. The van der Waals surface area contributed by atoms with Gasteiger partial charge < -0.3 is 4.42 Å². The summed E-state index contributed by atoms with van der Waals surface area (Å²) in [6.07, 6.45) is 1.27. The third kappa shape index (κ3) is 3.97. The van der Waals surface area contributed by atoms with Crippen LogP contribution in [0.2, 0.25) is 0 Å². The molecule has 29 heavy (non-hydrogen) atoms. The second-order valence-corrected chi connectivity index (χ2v) is 7.08. The topological polar surface area (TPSA) is 79.6 Å². The molecule has 2 aromatic carbocycles. The number of rotatable bonds is 4. The highest BCUT2D eigenvalue weighted by molar-refractivity contribution is 7.99. The Balaban J connectivity index is 1.60. The molecule has 4 amide bonds. The molecule has 1 saturated heterocycles. The number of hydrogen-bond acceptors (Lipinski definition) is 5. The number of nitrogens with one attached hydrogen (secondary N) is 1. The minimum atomic E-state index is -0.900. The zero-order valence-corrected chi connectivity index (χ0v) is 15.6.